The zero-order valence-electron chi connectivity index (χ0n) is 16.1. The standard InChI is InChI=1S/C21H28FN3O2/c1-15-12-25(13-19(27-15)17-6-8-18(22)9-7-17)16(2)20(26)24-21(14-23)10-4-3-5-11-21/h6-9,15-16,19H,3-5,10-13H2,1-2H3,(H,24,26). The topological polar surface area (TPSA) is 65.4 Å². The van der Waals surface area contributed by atoms with E-state index in [0.29, 0.717) is 13.1 Å². The molecule has 1 heterocycles. The maximum Gasteiger partial charge on any atom is 0.238 e. The molecule has 0 bridgehead atoms. The number of rotatable bonds is 4. The lowest BCUT2D eigenvalue weighted by atomic mass is 9.82. The lowest BCUT2D eigenvalue weighted by Gasteiger charge is -2.41. The highest BCUT2D eigenvalue weighted by molar-refractivity contribution is 5.82. The van der Waals surface area contributed by atoms with Gasteiger partial charge in [0.05, 0.1) is 24.3 Å². The molecule has 1 aliphatic carbocycles. The fourth-order valence-electron chi connectivity index (χ4n) is 4.09. The van der Waals surface area contributed by atoms with E-state index in [1.54, 1.807) is 12.1 Å². The largest absolute Gasteiger partial charge is 0.368 e. The van der Waals surface area contributed by atoms with Crippen LogP contribution in [0.25, 0.3) is 0 Å². The van der Waals surface area contributed by atoms with E-state index in [1.165, 1.54) is 12.1 Å². The van der Waals surface area contributed by atoms with E-state index in [9.17, 15) is 14.4 Å². The third-order valence-electron chi connectivity index (χ3n) is 5.74. The number of nitrogens with one attached hydrogen (secondary N) is 1. The number of carbonyl (C=O) groups excluding carboxylic acids is 1. The second-order valence-corrected chi connectivity index (χ2v) is 7.86. The monoisotopic (exact) mass is 373 g/mol. The molecule has 1 aromatic carbocycles. The van der Waals surface area contributed by atoms with Gasteiger partial charge in [-0.15, -0.1) is 0 Å². The summed E-state index contributed by atoms with van der Waals surface area (Å²) in [6.45, 7) is 5.06. The second kappa shape index (κ2) is 8.37. The molecule has 146 valence electrons. The number of hydrogen-bond donors (Lipinski definition) is 1. The molecule has 0 aromatic heterocycles. The van der Waals surface area contributed by atoms with Gasteiger partial charge in [-0.25, -0.2) is 4.39 Å². The van der Waals surface area contributed by atoms with Crippen LogP contribution in [-0.4, -0.2) is 41.6 Å². The Balaban J connectivity index is 1.67. The molecule has 1 aromatic rings. The van der Waals surface area contributed by atoms with Gasteiger partial charge in [-0.2, -0.15) is 5.26 Å². The van der Waals surface area contributed by atoms with Gasteiger partial charge >= 0.3 is 0 Å². The fraction of sp³-hybridized carbons (Fsp3) is 0.619. The number of carbonyl (C=O) groups is 1. The van der Waals surface area contributed by atoms with E-state index >= 15 is 0 Å². The number of ether oxygens (including phenoxy) is 1. The highest BCUT2D eigenvalue weighted by atomic mass is 19.1. The molecule has 1 saturated carbocycles. The quantitative estimate of drug-likeness (QED) is 0.879. The summed E-state index contributed by atoms with van der Waals surface area (Å²) in [5, 5.41) is 12.6. The van der Waals surface area contributed by atoms with Crippen LogP contribution in [0.15, 0.2) is 24.3 Å². The first-order valence-electron chi connectivity index (χ1n) is 9.81. The van der Waals surface area contributed by atoms with E-state index in [1.807, 2.05) is 13.8 Å². The summed E-state index contributed by atoms with van der Waals surface area (Å²) in [7, 11) is 0. The Morgan fingerprint density at radius 3 is 2.59 bits per heavy atom. The van der Waals surface area contributed by atoms with Crippen LogP contribution in [0.5, 0.6) is 0 Å². The predicted octanol–water partition coefficient (Wildman–Crippen LogP) is 3.32. The summed E-state index contributed by atoms with van der Waals surface area (Å²) in [6, 6.07) is 8.31. The van der Waals surface area contributed by atoms with E-state index in [2.05, 4.69) is 16.3 Å². The van der Waals surface area contributed by atoms with Gasteiger partial charge in [0.2, 0.25) is 5.91 Å². The Morgan fingerprint density at radius 1 is 1.30 bits per heavy atom. The first kappa shape index (κ1) is 19.8. The van der Waals surface area contributed by atoms with Crippen molar-refractivity contribution >= 4 is 5.91 Å². The van der Waals surface area contributed by atoms with Gasteiger partial charge in [0.1, 0.15) is 11.4 Å². The Morgan fingerprint density at radius 2 is 1.96 bits per heavy atom. The van der Waals surface area contributed by atoms with Gasteiger partial charge in [-0.05, 0) is 44.4 Å². The van der Waals surface area contributed by atoms with Gasteiger partial charge in [0.15, 0.2) is 0 Å². The Labute approximate surface area is 160 Å². The van der Waals surface area contributed by atoms with Gasteiger partial charge in [-0.1, -0.05) is 31.4 Å². The van der Waals surface area contributed by atoms with Crippen LogP contribution < -0.4 is 5.32 Å². The van der Waals surface area contributed by atoms with Crippen molar-refractivity contribution in [3.63, 3.8) is 0 Å². The molecule has 1 saturated heterocycles. The van der Waals surface area contributed by atoms with Crippen LogP contribution in [0.4, 0.5) is 4.39 Å². The zero-order chi connectivity index (χ0) is 19.4. The highest BCUT2D eigenvalue weighted by Gasteiger charge is 2.37. The van der Waals surface area contributed by atoms with E-state index < -0.39 is 5.54 Å². The maximum absolute atomic E-state index is 13.2. The Hall–Kier alpha value is -1.97. The number of benzene rings is 1. The number of hydrogen-bond acceptors (Lipinski definition) is 4. The SMILES string of the molecule is CC1CN(C(C)C(=O)NC2(C#N)CCCCC2)CC(c2ccc(F)cc2)O1. The second-order valence-electron chi connectivity index (χ2n) is 7.86. The molecule has 0 spiro atoms. The molecule has 5 nitrogen and oxygen atoms in total. The molecular formula is C21H28FN3O2. The molecule has 3 unspecified atom stereocenters. The van der Waals surface area contributed by atoms with Crippen LogP contribution in [0.3, 0.4) is 0 Å². The summed E-state index contributed by atoms with van der Waals surface area (Å²) in [5.41, 5.74) is 0.180. The number of morpholine rings is 1. The molecule has 27 heavy (non-hydrogen) atoms. The Kier molecular flexibility index (Phi) is 6.13. The molecule has 3 rings (SSSR count). The Bertz CT molecular complexity index is 694. The van der Waals surface area contributed by atoms with Crippen molar-refractivity contribution in [2.24, 2.45) is 0 Å². The lowest BCUT2D eigenvalue weighted by molar-refractivity contribution is -0.134. The molecule has 1 N–H and O–H groups in total. The van der Waals surface area contributed by atoms with Gasteiger partial charge in [-0.3, -0.25) is 9.69 Å². The highest BCUT2D eigenvalue weighted by Crippen LogP contribution is 2.29. The lowest BCUT2D eigenvalue weighted by Crippen LogP contribution is -2.57. The molecular weight excluding hydrogens is 345 g/mol. The van der Waals surface area contributed by atoms with Crippen LogP contribution in [-0.2, 0) is 9.53 Å². The summed E-state index contributed by atoms with van der Waals surface area (Å²) >= 11 is 0. The summed E-state index contributed by atoms with van der Waals surface area (Å²) in [4.78, 5) is 15.0. The molecule has 2 aliphatic rings. The molecule has 0 radical (unpaired) electrons. The van der Waals surface area contributed by atoms with Crippen molar-refractivity contribution in [1.29, 1.82) is 5.26 Å². The minimum absolute atomic E-state index is 0.0383. The van der Waals surface area contributed by atoms with Crippen molar-refractivity contribution in [3.8, 4) is 6.07 Å². The average molecular weight is 373 g/mol. The van der Waals surface area contributed by atoms with Crippen LogP contribution in [0.1, 0.15) is 57.6 Å². The smallest absolute Gasteiger partial charge is 0.238 e. The number of halogens is 1. The third kappa shape index (κ3) is 4.66. The molecule has 3 atom stereocenters. The maximum atomic E-state index is 13.2. The van der Waals surface area contributed by atoms with Crippen LogP contribution in [0.2, 0.25) is 0 Å². The van der Waals surface area contributed by atoms with Crippen molar-refractivity contribution in [2.75, 3.05) is 13.1 Å². The number of amides is 1. The van der Waals surface area contributed by atoms with E-state index in [0.717, 1.165) is 37.7 Å². The predicted molar refractivity (Wildman–Crippen MR) is 100 cm³/mol. The molecule has 2 fully saturated rings. The first-order valence-corrected chi connectivity index (χ1v) is 9.81. The average Bonchev–Trinajstić information content (AvgIpc) is 2.68. The normalized spacial score (nSPS) is 26.7. The van der Waals surface area contributed by atoms with Gasteiger partial charge < -0.3 is 10.1 Å². The summed E-state index contributed by atoms with van der Waals surface area (Å²) in [6.07, 6.45) is 4.27. The van der Waals surface area contributed by atoms with E-state index in [-0.39, 0.29) is 30.0 Å². The first-order chi connectivity index (χ1) is 12.9. The molecule has 6 heteroatoms. The minimum atomic E-state index is -0.724. The number of nitriles is 1. The third-order valence-corrected chi connectivity index (χ3v) is 5.74. The van der Waals surface area contributed by atoms with Crippen molar-refractivity contribution in [2.45, 2.75) is 69.7 Å². The number of nitrogens with zero attached hydrogens (tertiary/aromatic N) is 2. The van der Waals surface area contributed by atoms with Crippen LogP contribution in [0, 0.1) is 17.1 Å². The molecule has 1 amide bonds. The van der Waals surface area contributed by atoms with E-state index in [4.69, 9.17) is 4.74 Å². The summed E-state index contributed by atoms with van der Waals surface area (Å²) < 4.78 is 19.2. The minimum Gasteiger partial charge on any atom is -0.368 e. The molecule has 1 aliphatic heterocycles. The van der Waals surface area contributed by atoms with Crippen LogP contribution >= 0.6 is 0 Å². The van der Waals surface area contributed by atoms with Crippen molar-refractivity contribution < 1.29 is 13.9 Å². The van der Waals surface area contributed by atoms with Gasteiger partial charge in [0, 0.05) is 13.1 Å². The van der Waals surface area contributed by atoms with Crippen molar-refractivity contribution in [3.05, 3.63) is 35.6 Å². The van der Waals surface area contributed by atoms with Gasteiger partial charge in [0.25, 0.3) is 0 Å². The van der Waals surface area contributed by atoms with Crippen molar-refractivity contribution in [1.82, 2.24) is 10.2 Å². The zero-order valence-corrected chi connectivity index (χ0v) is 16.1. The summed E-state index contributed by atoms with van der Waals surface area (Å²) in [5.74, 6) is -0.383. The fourth-order valence-corrected chi connectivity index (χ4v) is 4.09.